The Morgan fingerprint density at radius 2 is 2.18 bits per heavy atom. The van der Waals surface area contributed by atoms with Gasteiger partial charge in [0.2, 0.25) is 0 Å². The molecule has 8 heteroatoms. The first-order chi connectivity index (χ1) is 13.6. The van der Waals surface area contributed by atoms with E-state index in [2.05, 4.69) is 20.3 Å². The van der Waals surface area contributed by atoms with E-state index < -0.39 is 0 Å². The third-order valence-electron chi connectivity index (χ3n) is 5.64. The number of nitrogens with one attached hydrogen (secondary N) is 1. The van der Waals surface area contributed by atoms with Gasteiger partial charge >= 0.3 is 0 Å². The first-order valence-corrected chi connectivity index (χ1v) is 9.66. The summed E-state index contributed by atoms with van der Waals surface area (Å²) in [6.07, 6.45) is 7.96. The van der Waals surface area contributed by atoms with Crippen LogP contribution in [0.4, 0.5) is 10.1 Å². The molecule has 3 aromatic heterocycles. The maximum absolute atomic E-state index is 14.0. The Morgan fingerprint density at radius 1 is 1.29 bits per heavy atom. The lowest BCUT2D eigenvalue weighted by molar-refractivity contribution is 0.0940. The third kappa shape index (κ3) is 2.80. The fourth-order valence-electron chi connectivity index (χ4n) is 4.22. The first kappa shape index (κ1) is 17.1. The molecule has 0 spiro atoms. The third-order valence-corrected chi connectivity index (χ3v) is 5.64. The number of carbonyl (C=O) groups excluding carboxylic acids is 1. The van der Waals surface area contributed by atoms with Crippen molar-refractivity contribution in [2.75, 3.05) is 11.4 Å². The molecule has 2 atom stereocenters. The highest BCUT2D eigenvalue weighted by molar-refractivity contribution is 5.99. The van der Waals surface area contributed by atoms with Gasteiger partial charge < -0.3 is 10.2 Å². The number of nitrogens with zero attached hydrogens (tertiary/aromatic N) is 5. The van der Waals surface area contributed by atoms with Crippen molar-refractivity contribution in [3.8, 4) is 0 Å². The Bertz CT molecular complexity index is 1060. The molecule has 0 aromatic carbocycles. The van der Waals surface area contributed by atoms with Crippen LogP contribution in [0.1, 0.15) is 54.0 Å². The van der Waals surface area contributed by atoms with Crippen LogP contribution in [-0.2, 0) is 6.42 Å². The summed E-state index contributed by atoms with van der Waals surface area (Å²) in [6, 6.07) is 3.47. The standard InChI is InChI=1S/C20H21FN6O/c1-12-4-5-15-18(9-13(21)10-22-15)26-7-2-3-17(26)16-6-8-27-19(25-16)14(11-23-27)20(28)24-12/h6,8-12,17H,2-5,7H2,1H3,(H,24,28)/t12-,17?/m1/s1. The molecule has 1 unspecified atom stereocenters. The summed E-state index contributed by atoms with van der Waals surface area (Å²) in [5, 5.41) is 7.28. The minimum atomic E-state index is -0.337. The lowest BCUT2D eigenvalue weighted by atomic mass is 10.1. The molecule has 1 saturated heterocycles. The predicted octanol–water partition coefficient (Wildman–Crippen LogP) is 2.67. The Hall–Kier alpha value is -3.03. The van der Waals surface area contributed by atoms with Gasteiger partial charge in [0, 0.05) is 24.8 Å². The summed E-state index contributed by atoms with van der Waals surface area (Å²) >= 11 is 0. The molecular weight excluding hydrogens is 359 g/mol. The van der Waals surface area contributed by atoms with E-state index in [1.165, 1.54) is 6.20 Å². The van der Waals surface area contributed by atoms with Crippen molar-refractivity contribution >= 4 is 17.2 Å². The average Bonchev–Trinajstić information content (AvgIpc) is 3.32. The molecule has 1 fully saturated rings. The van der Waals surface area contributed by atoms with E-state index in [0.717, 1.165) is 36.5 Å². The van der Waals surface area contributed by atoms with Crippen LogP contribution in [-0.4, -0.2) is 38.1 Å². The van der Waals surface area contributed by atoms with Crippen LogP contribution in [0, 0.1) is 5.82 Å². The molecule has 2 bridgehead atoms. The molecule has 3 aromatic rings. The summed E-state index contributed by atoms with van der Waals surface area (Å²) in [5.74, 6) is -0.515. The zero-order chi connectivity index (χ0) is 19.3. The first-order valence-electron chi connectivity index (χ1n) is 9.66. The molecule has 2 aliphatic rings. The van der Waals surface area contributed by atoms with E-state index in [1.54, 1.807) is 16.8 Å². The summed E-state index contributed by atoms with van der Waals surface area (Å²) < 4.78 is 15.7. The van der Waals surface area contributed by atoms with Crippen molar-refractivity contribution in [1.29, 1.82) is 0 Å². The Morgan fingerprint density at radius 3 is 3.07 bits per heavy atom. The molecule has 28 heavy (non-hydrogen) atoms. The topological polar surface area (TPSA) is 75.4 Å². The number of carbonyl (C=O) groups is 1. The maximum atomic E-state index is 14.0. The molecule has 5 heterocycles. The van der Waals surface area contributed by atoms with E-state index in [9.17, 15) is 9.18 Å². The number of anilines is 1. The number of amides is 1. The number of fused-ring (bicyclic) bond motifs is 5. The second-order valence-corrected chi connectivity index (χ2v) is 7.56. The Kier molecular flexibility index (Phi) is 3.99. The second kappa shape index (κ2) is 6.54. The van der Waals surface area contributed by atoms with E-state index >= 15 is 0 Å². The van der Waals surface area contributed by atoms with Crippen LogP contribution in [0.15, 0.2) is 30.7 Å². The largest absolute Gasteiger partial charge is 0.361 e. The summed E-state index contributed by atoms with van der Waals surface area (Å²) in [7, 11) is 0. The summed E-state index contributed by atoms with van der Waals surface area (Å²) in [6.45, 7) is 2.79. The van der Waals surface area contributed by atoms with Gasteiger partial charge in [0.15, 0.2) is 5.65 Å². The van der Waals surface area contributed by atoms with Gasteiger partial charge in [0.25, 0.3) is 5.91 Å². The van der Waals surface area contributed by atoms with Crippen LogP contribution in [0.3, 0.4) is 0 Å². The van der Waals surface area contributed by atoms with Crippen molar-refractivity contribution in [3.63, 3.8) is 0 Å². The molecule has 144 valence electrons. The number of rotatable bonds is 0. The van der Waals surface area contributed by atoms with E-state index in [-0.39, 0.29) is 23.8 Å². The van der Waals surface area contributed by atoms with Crippen molar-refractivity contribution in [2.24, 2.45) is 0 Å². The van der Waals surface area contributed by atoms with Gasteiger partial charge in [-0.25, -0.2) is 13.9 Å². The van der Waals surface area contributed by atoms with Crippen LogP contribution in [0.2, 0.25) is 0 Å². The number of pyridine rings is 1. The molecule has 0 radical (unpaired) electrons. The summed E-state index contributed by atoms with van der Waals surface area (Å²) in [4.78, 5) is 24.1. The second-order valence-electron chi connectivity index (χ2n) is 7.56. The van der Waals surface area contributed by atoms with Gasteiger partial charge in [0.05, 0.1) is 35.5 Å². The highest BCUT2D eigenvalue weighted by Crippen LogP contribution is 2.37. The highest BCUT2D eigenvalue weighted by atomic mass is 19.1. The van der Waals surface area contributed by atoms with Gasteiger partial charge in [0.1, 0.15) is 11.4 Å². The fourth-order valence-corrected chi connectivity index (χ4v) is 4.22. The van der Waals surface area contributed by atoms with Gasteiger partial charge in [-0.3, -0.25) is 9.78 Å². The molecule has 0 saturated carbocycles. The lowest BCUT2D eigenvalue weighted by Gasteiger charge is -2.28. The van der Waals surface area contributed by atoms with Gasteiger partial charge in [-0.15, -0.1) is 0 Å². The fraction of sp³-hybridized carbons (Fsp3) is 0.400. The minimum absolute atomic E-state index is 0.0244. The normalized spacial score (nSPS) is 22.2. The molecule has 2 aliphatic heterocycles. The molecule has 1 N–H and O–H groups in total. The molecule has 1 amide bonds. The van der Waals surface area contributed by atoms with E-state index in [1.807, 2.05) is 19.2 Å². The lowest BCUT2D eigenvalue weighted by Crippen LogP contribution is -2.33. The SMILES string of the molecule is C[C@@H]1CCc2ncc(F)cc2N2CCCC2c2ccn3ncc(c3n2)C(=O)N1. The van der Waals surface area contributed by atoms with Gasteiger partial charge in [-0.05, 0) is 38.7 Å². The van der Waals surface area contributed by atoms with Crippen LogP contribution >= 0.6 is 0 Å². The number of aryl methyl sites for hydroxylation is 1. The van der Waals surface area contributed by atoms with Crippen LogP contribution in [0.25, 0.3) is 5.65 Å². The van der Waals surface area contributed by atoms with Crippen molar-refractivity contribution in [2.45, 2.75) is 44.7 Å². The number of halogens is 1. The quantitative estimate of drug-likeness (QED) is 0.649. The zero-order valence-electron chi connectivity index (χ0n) is 15.6. The van der Waals surface area contributed by atoms with Crippen molar-refractivity contribution in [1.82, 2.24) is 24.9 Å². The molecule has 5 rings (SSSR count). The average molecular weight is 380 g/mol. The monoisotopic (exact) mass is 380 g/mol. The molecule has 0 aliphatic carbocycles. The van der Waals surface area contributed by atoms with Crippen LogP contribution < -0.4 is 10.2 Å². The number of aromatic nitrogens is 4. The van der Waals surface area contributed by atoms with Crippen molar-refractivity contribution in [3.05, 3.63) is 53.5 Å². The van der Waals surface area contributed by atoms with Gasteiger partial charge in [-0.1, -0.05) is 0 Å². The van der Waals surface area contributed by atoms with Gasteiger partial charge in [-0.2, -0.15) is 5.10 Å². The smallest absolute Gasteiger partial charge is 0.256 e. The minimum Gasteiger partial charge on any atom is -0.361 e. The summed E-state index contributed by atoms with van der Waals surface area (Å²) in [5.41, 5.74) is 3.57. The maximum Gasteiger partial charge on any atom is 0.256 e. The zero-order valence-corrected chi connectivity index (χ0v) is 15.6. The molecule has 7 nitrogen and oxygen atoms in total. The Balaban J connectivity index is 1.69. The van der Waals surface area contributed by atoms with Crippen LogP contribution in [0.5, 0.6) is 0 Å². The number of hydrogen-bond donors (Lipinski definition) is 1. The van der Waals surface area contributed by atoms with E-state index in [0.29, 0.717) is 24.1 Å². The van der Waals surface area contributed by atoms with E-state index in [4.69, 9.17) is 4.98 Å². The Labute approximate surface area is 161 Å². The number of hydrogen-bond acceptors (Lipinski definition) is 5. The van der Waals surface area contributed by atoms with Crippen molar-refractivity contribution < 1.29 is 9.18 Å². The molecular formula is C20H21FN6O. The highest BCUT2D eigenvalue weighted by Gasteiger charge is 2.31. The predicted molar refractivity (Wildman–Crippen MR) is 102 cm³/mol.